The van der Waals surface area contributed by atoms with E-state index in [0.29, 0.717) is 35.4 Å². The van der Waals surface area contributed by atoms with Crippen molar-refractivity contribution in [1.82, 2.24) is 14.5 Å². The maximum atomic E-state index is 13.5. The molecule has 0 radical (unpaired) electrons. The summed E-state index contributed by atoms with van der Waals surface area (Å²) in [5, 5.41) is 0.561. The normalized spacial score (nSPS) is 11.8. The molecule has 2 aromatic carbocycles. The number of hydrogen-bond donors (Lipinski definition) is 0. The van der Waals surface area contributed by atoms with Crippen molar-refractivity contribution in [2.75, 3.05) is 34.9 Å². The van der Waals surface area contributed by atoms with Crippen molar-refractivity contribution in [2.45, 2.75) is 39.3 Å². The lowest BCUT2D eigenvalue weighted by Crippen LogP contribution is -2.30. The minimum atomic E-state index is -0.0664. The van der Waals surface area contributed by atoms with Gasteiger partial charge in [-0.1, -0.05) is 6.92 Å². The summed E-state index contributed by atoms with van der Waals surface area (Å²) in [5.74, 6) is 2.84. The van der Waals surface area contributed by atoms with Gasteiger partial charge in [0.1, 0.15) is 23.1 Å². The summed E-state index contributed by atoms with van der Waals surface area (Å²) >= 11 is 0. The first kappa shape index (κ1) is 26.5. The van der Waals surface area contributed by atoms with E-state index < -0.39 is 0 Å². The number of ether oxygens (including phenoxy) is 3. The molecule has 0 fully saturated rings. The van der Waals surface area contributed by atoms with E-state index in [9.17, 15) is 4.79 Å². The van der Waals surface area contributed by atoms with Crippen molar-refractivity contribution in [3.63, 3.8) is 0 Å². The Bertz CT molecular complexity index is 1130. The fourth-order valence-electron chi connectivity index (χ4n) is 3.49. The molecule has 0 bridgehead atoms. The Hall–Kier alpha value is -2.77. The van der Waals surface area contributed by atoms with Crippen LogP contribution in [-0.4, -0.2) is 55.4 Å². The van der Waals surface area contributed by atoms with Gasteiger partial charge in [0, 0.05) is 25.1 Å². The topological polar surface area (TPSA) is 65.8 Å². The quantitative estimate of drug-likeness (QED) is 0.438. The second-order valence-electron chi connectivity index (χ2n) is 8.16. The summed E-state index contributed by atoms with van der Waals surface area (Å²) in [7, 11) is 7.24. The molecule has 0 saturated carbocycles. The van der Waals surface area contributed by atoms with Crippen molar-refractivity contribution in [2.24, 2.45) is 0 Å². The fraction of sp³-hybridized carbons (Fsp3) is 0.440. The smallest absolute Gasteiger partial charge is 0.261 e. The number of halogens is 1. The maximum absolute atomic E-state index is 13.5. The lowest BCUT2D eigenvalue weighted by Gasteiger charge is -2.18. The molecule has 7 nitrogen and oxygen atoms in total. The minimum absolute atomic E-state index is 0. The second kappa shape index (κ2) is 11.9. The van der Waals surface area contributed by atoms with Crippen molar-refractivity contribution in [3.05, 3.63) is 58.1 Å². The number of methoxy groups -OCH3 is 2. The van der Waals surface area contributed by atoms with Crippen LogP contribution in [-0.2, 0) is 13.0 Å². The highest BCUT2D eigenvalue weighted by Gasteiger charge is 2.16. The largest absolute Gasteiger partial charge is 0.497 e. The van der Waals surface area contributed by atoms with E-state index in [2.05, 4.69) is 11.8 Å². The summed E-state index contributed by atoms with van der Waals surface area (Å²) in [4.78, 5) is 20.5. The molecular weight excluding hydrogens is 442 g/mol. The summed E-state index contributed by atoms with van der Waals surface area (Å²) in [6.45, 7) is 5.34. The number of likely N-dealkylation sites (N-methyl/N-ethyl adjacent to an activating group) is 1. The Morgan fingerprint density at radius 1 is 1.06 bits per heavy atom. The first-order valence-corrected chi connectivity index (χ1v) is 10.9. The van der Waals surface area contributed by atoms with Gasteiger partial charge in [0.05, 0.1) is 31.2 Å². The summed E-state index contributed by atoms with van der Waals surface area (Å²) in [6, 6.07) is 11.2. The van der Waals surface area contributed by atoms with E-state index in [4.69, 9.17) is 19.2 Å². The van der Waals surface area contributed by atoms with Gasteiger partial charge in [-0.15, -0.1) is 12.4 Å². The van der Waals surface area contributed by atoms with E-state index in [1.807, 2.05) is 51.4 Å². The zero-order chi connectivity index (χ0) is 23.3. The molecule has 1 unspecified atom stereocenters. The number of aromatic nitrogens is 2. The van der Waals surface area contributed by atoms with Crippen LogP contribution < -0.4 is 19.8 Å². The predicted octanol–water partition coefficient (Wildman–Crippen LogP) is 4.17. The molecule has 1 heterocycles. The van der Waals surface area contributed by atoms with Crippen LogP contribution in [0.4, 0.5) is 0 Å². The summed E-state index contributed by atoms with van der Waals surface area (Å²) < 4.78 is 18.6. The Balaban J connectivity index is 0.00000385. The van der Waals surface area contributed by atoms with Crippen LogP contribution in [0.3, 0.4) is 0 Å². The van der Waals surface area contributed by atoms with E-state index in [1.54, 1.807) is 24.9 Å². The number of benzene rings is 2. The fourth-order valence-corrected chi connectivity index (χ4v) is 3.49. The van der Waals surface area contributed by atoms with Crippen molar-refractivity contribution < 1.29 is 14.2 Å². The van der Waals surface area contributed by atoms with Crippen molar-refractivity contribution in [3.8, 4) is 17.2 Å². The van der Waals surface area contributed by atoms with Gasteiger partial charge in [-0.05, 0) is 63.8 Å². The number of nitrogens with zero attached hydrogens (tertiary/aromatic N) is 3. The van der Waals surface area contributed by atoms with E-state index >= 15 is 0 Å². The molecule has 8 heteroatoms. The number of fused-ring (bicyclic) bond motifs is 1. The highest BCUT2D eigenvalue weighted by molar-refractivity contribution is 5.85. The molecule has 1 aromatic heterocycles. The highest BCUT2D eigenvalue weighted by atomic mass is 35.5. The van der Waals surface area contributed by atoms with Gasteiger partial charge < -0.3 is 19.1 Å². The minimum Gasteiger partial charge on any atom is -0.497 e. The summed E-state index contributed by atoms with van der Waals surface area (Å²) in [5.41, 5.74) is 1.50. The first-order chi connectivity index (χ1) is 15.4. The lowest BCUT2D eigenvalue weighted by molar-refractivity contribution is 0.217. The van der Waals surface area contributed by atoms with Crippen LogP contribution in [0.1, 0.15) is 31.7 Å². The maximum Gasteiger partial charge on any atom is 0.261 e. The zero-order valence-electron chi connectivity index (χ0n) is 20.3. The molecule has 0 amide bonds. The van der Waals surface area contributed by atoms with Crippen LogP contribution in [0.2, 0.25) is 0 Å². The third kappa shape index (κ3) is 6.39. The molecule has 33 heavy (non-hydrogen) atoms. The third-order valence-corrected chi connectivity index (χ3v) is 5.52. The van der Waals surface area contributed by atoms with Gasteiger partial charge in [-0.2, -0.15) is 0 Å². The number of hydrogen-bond acceptors (Lipinski definition) is 6. The second-order valence-corrected chi connectivity index (χ2v) is 8.16. The summed E-state index contributed by atoms with van der Waals surface area (Å²) in [6.07, 6.45) is 1.42. The molecule has 0 aliphatic carbocycles. The average Bonchev–Trinajstić information content (AvgIpc) is 2.78. The zero-order valence-corrected chi connectivity index (χ0v) is 21.1. The van der Waals surface area contributed by atoms with Crippen LogP contribution in [0.25, 0.3) is 10.9 Å². The highest BCUT2D eigenvalue weighted by Crippen LogP contribution is 2.27. The standard InChI is InChI=1S/C25H33N3O4.ClH/c1-7-17(2)32-20-8-10-22-21(16-20)25(29)28(13-12-27(3)4)24(26-22)15-18-14-19(30-5)9-11-23(18)31-6;/h8-11,14,16-17H,7,12-13,15H2,1-6H3;1H. The van der Waals surface area contributed by atoms with Crippen LogP contribution in [0.15, 0.2) is 41.2 Å². The lowest BCUT2D eigenvalue weighted by atomic mass is 10.1. The molecule has 1 atom stereocenters. The Morgan fingerprint density at radius 3 is 2.42 bits per heavy atom. The van der Waals surface area contributed by atoms with Gasteiger partial charge in [-0.25, -0.2) is 4.98 Å². The Labute approximate surface area is 201 Å². The van der Waals surface area contributed by atoms with Gasteiger partial charge in [0.2, 0.25) is 0 Å². The van der Waals surface area contributed by atoms with Gasteiger partial charge in [-0.3, -0.25) is 9.36 Å². The Morgan fingerprint density at radius 2 is 1.79 bits per heavy atom. The Kier molecular flexibility index (Phi) is 9.56. The van der Waals surface area contributed by atoms with Gasteiger partial charge in [0.25, 0.3) is 5.56 Å². The van der Waals surface area contributed by atoms with Gasteiger partial charge >= 0.3 is 0 Å². The third-order valence-electron chi connectivity index (χ3n) is 5.52. The van der Waals surface area contributed by atoms with Crippen LogP contribution >= 0.6 is 12.4 Å². The monoisotopic (exact) mass is 475 g/mol. The molecule has 0 aliphatic rings. The average molecular weight is 476 g/mol. The first-order valence-electron chi connectivity index (χ1n) is 10.9. The molecule has 0 spiro atoms. The van der Waals surface area contributed by atoms with E-state index in [0.717, 1.165) is 30.0 Å². The van der Waals surface area contributed by atoms with Crippen LogP contribution in [0, 0.1) is 0 Å². The number of rotatable bonds is 10. The van der Waals surface area contributed by atoms with Crippen LogP contribution in [0.5, 0.6) is 17.2 Å². The van der Waals surface area contributed by atoms with Crippen molar-refractivity contribution in [1.29, 1.82) is 0 Å². The molecule has 0 aliphatic heterocycles. The van der Waals surface area contributed by atoms with E-state index in [1.165, 1.54) is 0 Å². The van der Waals surface area contributed by atoms with Gasteiger partial charge in [0.15, 0.2) is 0 Å². The molecular formula is C25H34ClN3O4. The molecule has 0 N–H and O–H groups in total. The predicted molar refractivity (Wildman–Crippen MR) is 135 cm³/mol. The SMILES string of the molecule is CCC(C)Oc1ccc2nc(Cc3cc(OC)ccc3OC)n(CCN(C)C)c(=O)c2c1.Cl. The van der Waals surface area contributed by atoms with Crippen molar-refractivity contribution >= 4 is 23.3 Å². The van der Waals surface area contributed by atoms with E-state index in [-0.39, 0.29) is 24.1 Å². The molecule has 3 aromatic rings. The molecule has 180 valence electrons. The molecule has 0 saturated heterocycles. The molecule has 3 rings (SSSR count).